The van der Waals surface area contributed by atoms with Crippen molar-refractivity contribution in [1.82, 2.24) is 15.0 Å². The van der Waals surface area contributed by atoms with Gasteiger partial charge in [-0.1, -0.05) is 6.07 Å². The molecule has 0 bridgehead atoms. The molecule has 166 valence electrons. The maximum Gasteiger partial charge on any atom is 0.233 e. The van der Waals surface area contributed by atoms with Gasteiger partial charge in [-0.25, -0.2) is 23.4 Å². The van der Waals surface area contributed by atoms with Crippen molar-refractivity contribution in [3.63, 3.8) is 0 Å². The fraction of sp³-hybridized carbons (Fsp3) is 0.273. The summed E-state index contributed by atoms with van der Waals surface area (Å²) in [5.41, 5.74) is 4.38. The highest BCUT2D eigenvalue weighted by atomic mass is 32.2. The van der Waals surface area contributed by atoms with Crippen molar-refractivity contribution >= 4 is 39.1 Å². The van der Waals surface area contributed by atoms with Gasteiger partial charge in [-0.2, -0.15) is 0 Å². The molecule has 0 unspecified atom stereocenters. The highest BCUT2D eigenvalue weighted by Crippen LogP contribution is 2.26. The first-order valence-corrected chi connectivity index (χ1v) is 12.0. The van der Waals surface area contributed by atoms with Gasteiger partial charge in [0.1, 0.15) is 5.82 Å². The second kappa shape index (κ2) is 9.31. The van der Waals surface area contributed by atoms with Crippen molar-refractivity contribution in [3.05, 3.63) is 65.6 Å². The molecule has 2 aromatic heterocycles. The third-order valence-corrected chi connectivity index (χ3v) is 6.41. The van der Waals surface area contributed by atoms with Crippen LogP contribution >= 0.6 is 0 Å². The largest absolute Gasteiger partial charge is 0.326 e. The summed E-state index contributed by atoms with van der Waals surface area (Å²) in [7, 11) is -3.40. The van der Waals surface area contributed by atoms with Crippen LogP contribution in [0.2, 0.25) is 0 Å². The summed E-state index contributed by atoms with van der Waals surface area (Å²) in [4.78, 5) is 24.6. The number of hydrogen-bond acceptors (Lipinski definition) is 7. The van der Waals surface area contributed by atoms with Gasteiger partial charge in [-0.15, -0.1) is 0 Å². The van der Waals surface area contributed by atoms with E-state index < -0.39 is 10.0 Å². The highest BCUT2D eigenvalue weighted by Gasteiger charge is 2.15. The van der Waals surface area contributed by atoms with Crippen molar-refractivity contribution in [2.24, 2.45) is 0 Å². The van der Waals surface area contributed by atoms with Crippen molar-refractivity contribution in [3.8, 4) is 0 Å². The molecule has 3 aromatic rings. The van der Waals surface area contributed by atoms with Crippen LogP contribution in [0.5, 0.6) is 0 Å². The molecule has 32 heavy (non-hydrogen) atoms. The number of nitrogens with one attached hydrogen (secondary N) is 3. The van der Waals surface area contributed by atoms with E-state index in [-0.39, 0.29) is 11.7 Å². The van der Waals surface area contributed by atoms with Gasteiger partial charge in [0.15, 0.2) is 0 Å². The fourth-order valence-electron chi connectivity index (χ4n) is 3.40. The van der Waals surface area contributed by atoms with Gasteiger partial charge < -0.3 is 10.6 Å². The van der Waals surface area contributed by atoms with Gasteiger partial charge in [0.25, 0.3) is 0 Å². The summed E-state index contributed by atoms with van der Waals surface area (Å²) in [5.74, 6) is 0.843. The second-order valence-electron chi connectivity index (χ2n) is 7.43. The normalized spacial score (nSPS) is 13.2. The number of carbonyl (C=O) groups is 1. The minimum atomic E-state index is -3.40. The number of nitrogens with zero attached hydrogens (tertiary/aromatic N) is 3. The first kappa shape index (κ1) is 21.7. The molecular formula is C22H24N6O3S. The maximum atomic E-state index is 11.9. The average molecular weight is 453 g/mol. The zero-order valence-corrected chi connectivity index (χ0v) is 18.4. The van der Waals surface area contributed by atoms with E-state index in [0.717, 1.165) is 28.2 Å². The number of aryl methyl sites for hydroxylation is 3. The monoisotopic (exact) mass is 452 g/mol. The highest BCUT2D eigenvalue weighted by molar-refractivity contribution is 7.92. The smallest absolute Gasteiger partial charge is 0.233 e. The molecule has 4 rings (SSSR count). The number of rotatable bonds is 8. The van der Waals surface area contributed by atoms with Gasteiger partial charge in [0.05, 0.1) is 5.75 Å². The number of sulfonamides is 1. The van der Waals surface area contributed by atoms with E-state index in [2.05, 4.69) is 30.3 Å². The minimum absolute atomic E-state index is 0.0149. The summed E-state index contributed by atoms with van der Waals surface area (Å²) in [6.07, 6.45) is 5.60. The molecule has 0 aliphatic carbocycles. The SMILES string of the molecule is CCS(=O)(=O)Nc1ncccc1CCc1ccnc(Nc2ccc3c(c2)CCC(=O)N3)n1. The molecule has 1 aromatic carbocycles. The Hall–Kier alpha value is -3.53. The molecule has 1 aliphatic heterocycles. The van der Waals surface area contributed by atoms with Crippen molar-refractivity contribution in [2.75, 3.05) is 21.1 Å². The zero-order chi connectivity index (χ0) is 22.6. The van der Waals surface area contributed by atoms with Gasteiger partial charge in [-0.05, 0) is 67.6 Å². The third kappa shape index (κ3) is 5.38. The Balaban J connectivity index is 1.44. The molecule has 1 amide bonds. The number of pyridine rings is 1. The zero-order valence-electron chi connectivity index (χ0n) is 17.6. The van der Waals surface area contributed by atoms with Gasteiger partial charge >= 0.3 is 0 Å². The molecule has 10 heteroatoms. The lowest BCUT2D eigenvalue weighted by Crippen LogP contribution is -2.18. The lowest BCUT2D eigenvalue weighted by atomic mass is 10.0. The van der Waals surface area contributed by atoms with E-state index in [9.17, 15) is 13.2 Å². The van der Waals surface area contributed by atoms with Crippen molar-refractivity contribution in [2.45, 2.75) is 32.6 Å². The lowest BCUT2D eigenvalue weighted by Gasteiger charge is -2.17. The minimum Gasteiger partial charge on any atom is -0.326 e. The molecule has 0 spiro atoms. The van der Waals surface area contributed by atoms with E-state index in [4.69, 9.17) is 0 Å². The predicted molar refractivity (Wildman–Crippen MR) is 123 cm³/mol. The van der Waals surface area contributed by atoms with Crippen LogP contribution in [0.25, 0.3) is 0 Å². The van der Waals surface area contributed by atoms with Crippen LogP contribution in [0.4, 0.5) is 23.1 Å². The molecule has 9 nitrogen and oxygen atoms in total. The van der Waals surface area contributed by atoms with Gasteiger partial charge in [0, 0.05) is 35.9 Å². The van der Waals surface area contributed by atoms with Crippen LogP contribution < -0.4 is 15.4 Å². The number of fused-ring (bicyclic) bond motifs is 1. The van der Waals surface area contributed by atoms with Crippen molar-refractivity contribution in [1.29, 1.82) is 0 Å². The number of aromatic nitrogens is 3. The molecule has 0 fully saturated rings. The first-order chi connectivity index (χ1) is 15.4. The third-order valence-electron chi connectivity index (χ3n) is 5.14. The number of benzene rings is 1. The topological polar surface area (TPSA) is 126 Å². The molecule has 3 N–H and O–H groups in total. The molecule has 0 saturated heterocycles. The first-order valence-electron chi connectivity index (χ1n) is 10.4. The number of amides is 1. The van der Waals surface area contributed by atoms with E-state index in [0.29, 0.717) is 37.4 Å². The molecule has 0 atom stereocenters. The Kier molecular flexibility index (Phi) is 6.31. The van der Waals surface area contributed by atoms with Crippen LogP contribution in [0.1, 0.15) is 30.2 Å². The Morgan fingerprint density at radius 1 is 1.06 bits per heavy atom. The van der Waals surface area contributed by atoms with E-state index in [1.165, 1.54) is 0 Å². The summed E-state index contributed by atoms with van der Waals surface area (Å²) in [5, 5.41) is 6.08. The number of carbonyl (C=O) groups excluding carboxylic acids is 1. The number of hydrogen-bond donors (Lipinski definition) is 3. The number of anilines is 4. The summed E-state index contributed by atoms with van der Waals surface area (Å²) < 4.78 is 26.4. The lowest BCUT2D eigenvalue weighted by molar-refractivity contribution is -0.116. The van der Waals surface area contributed by atoms with Gasteiger partial charge in [0.2, 0.25) is 21.9 Å². The summed E-state index contributed by atoms with van der Waals surface area (Å²) >= 11 is 0. The Morgan fingerprint density at radius 3 is 2.78 bits per heavy atom. The average Bonchev–Trinajstić information content (AvgIpc) is 2.79. The Bertz CT molecular complexity index is 1250. The maximum absolute atomic E-state index is 11.9. The summed E-state index contributed by atoms with van der Waals surface area (Å²) in [6.45, 7) is 1.58. The quantitative estimate of drug-likeness (QED) is 0.479. The molecule has 0 saturated carbocycles. The van der Waals surface area contributed by atoms with Gasteiger partial charge in [-0.3, -0.25) is 9.52 Å². The molecular weight excluding hydrogens is 428 g/mol. The van der Waals surface area contributed by atoms with E-state index >= 15 is 0 Å². The van der Waals surface area contributed by atoms with Crippen LogP contribution in [0.3, 0.4) is 0 Å². The Labute approximate surface area is 186 Å². The molecule has 3 heterocycles. The summed E-state index contributed by atoms with van der Waals surface area (Å²) in [6, 6.07) is 11.2. The van der Waals surface area contributed by atoms with E-state index in [1.807, 2.05) is 30.3 Å². The van der Waals surface area contributed by atoms with Crippen LogP contribution in [0, 0.1) is 0 Å². The molecule has 0 radical (unpaired) electrons. The van der Waals surface area contributed by atoms with Crippen LogP contribution in [-0.4, -0.2) is 35.0 Å². The Morgan fingerprint density at radius 2 is 1.94 bits per heavy atom. The van der Waals surface area contributed by atoms with E-state index in [1.54, 1.807) is 25.4 Å². The van der Waals surface area contributed by atoms with Crippen LogP contribution in [0.15, 0.2) is 48.8 Å². The van der Waals surface area contributed by atoms with Crippen LogP contribution in [-0.2, 0) is 34.1 Å². The standard InChI is InChI=1S/C22H24N6O3S/c1-2-32(30,31)28-21-15(4-3-12-23-21)5-7-17-11-13-24-22(25-17)26-18-8-9-19-16(14-18)6-10-20(29)27-19/h3-4,8-9,11-14H,2,5-7,10H2,1H3,(H,23,28)(H,27,29)(H,24,25,26). The molecule has 1 aliphatic rings. The van der Waals surface area contributed by atoms with Crippen molar-refractivity contribution < 1.29 is 13.2 Å². The fourth-order valence-corrected chi connectivity index (χ4v) is 4.02. The second-order valence-corrected chi connectivity index (χ2v) is 9.44. The predicted octanol–water partition coefficient (Wildman–Crippen LogP) is 3.05.